The first-order valence-corrected chi connectivity index (χ1v) is 6.33. The second kappa shape index (κ2) is 5.52. The number of nitrogens with zero attached hydrogens (tertiary/aromatic N) is 1. The van der Waals surface area contributed by atoms with Crippen molar-refractivity contribution in [2.45, 2.75) is 19.4 Å². The number of hydrogen-bond acceptors (Lipinski definition) is 2. The number of nitrogens with one attached hydrogen (secondary N) is 1. The summed E-state index contributed by atoms with van der Waals surface area (Å²) in [7, 11) is 0. The van der Waals surface area contributed by atoms with Crippen molar-refractivity contribution in [3.05, 3.63) is 34.9 Å². The molecular formula is C13H17ClN2O. The predicted octanol–water partition coefficient (Wildman–Crippen LogP) is 2.16. The van der Waals surface area contributed by atoms with Crippen LogP contribution in [-0.4, -0.2) is 36.5 Å². The van der Waals surface area contributed by atoms with Gasteiger partial charge in [-0.25, -0.2) is 0 Å². The SMILES string of the molecule is CC1CCNCCN1C(=O)c1cccc(Cl)c1. The van der Waals surface area contributed by atoms with Crippen LogP contribution >= 0.6 is 11.6 Å². The molecule has 1 aromatic rings. The standard InChI is InChI=1S/C13H17ClN2O/c1-10-5-6-15-7-8-16(10)13(17)11-3-2-4-12(14)9-11/h2-4,9-10,15H,5-8H2,1H3. The van der Waals surface area contributed by atoms with Gasteiger partial charge in [0, 0.05) is 29.7 Å². The highest BCUT2D eigenvalue weighted by Crippen LogP contribution is 2.15. The van der Waals surface area contributed by atoms with E-state index in [2.05, 4.69) is 12.2 Å². The Balaban J connectivity index is 2.18. The quantitative estimate of drug-likeness (QED) is 0.831. The molecule has 0 saturated carbocycles. The van der Waals surface area contributed by atoms with Crippen LogP contribution < -0.4 is 5.32 Å². The molecule has 4 heteroatoms. The zero-order valence-electron chi connectivity index (χ0n) is 9.95. The molecule has 1 aliphatic rings. The monoisotopic (exact) mass is 252 g/mol. The number of rotatable bonds is 1. The molecule has 0 bridgehead atoms. The van der Waals surface area contributed by atoms with Crippen LogP contribution in [0.2, 0.25) is 5.02 Å². The molecule has 1 amide bonds. The summed E-state index contributed by atoms with van der Waals surface area (Å²) in [4.78, 5) is 14.3. The molecule has 1 N–H and O–H groups in total. The van der Waals surface area contributed by atoms with Crippen LogP contribution in [0.4, 0.5) is 0 Å². The fourth-order valence-corrected chi connectivity index (χ4v) is 2.29. The highest BCUT2D eigenvalue weighted by atomic mass is 35.5. The molecule has 1 aliphatic heterocycles. The Bertz CT molecular complexity index is 408. The smallest absolute Gasteiger partial charge is 0.254 e. The first-order valence-electron chi connectivity index (χ1n) is 5.96. The van der Waals surface area contributed by atoms with E-state index in [1.807, 2.05) is 17.0 Å². The molecule has 0 aromatic heterocycles. The van der Waals surface area contributed by atoms with Gasteiger partial charge in [0.15, 0.2) is 0 Å². The van der Waals surface area contributed by atoms with E-state index in [0.717, 1.165) is 26.1 Å². The molecule has 92 valence electrons. The van der Waals surface area contributed by atoms with Crippen LogP contribution in [0.15, 0.2) is 24.3 Å². The van der Waals surface area contributed by atoms with Crippen molar-refractivity contribution in [1.29, 1.82) is 0 Å². The molecule has 1 atom stereocenters. The summed E-state index contributed by atoms with van der Waals surface area (Å²) in [6, 6.07) is 7.42. The maximum atomic E-state index is 12.4. The Morgan fingerprint density at radius 3 is 3.06 bits per heavy atom. The summed E-state index contributed by atoms with van der Waals surface area (Å²) < 4.78 is 0. The molecule has 17 heavy (non-hydrogen) atoms. The number of hydrogen-bond donors (Lipinski definition) is 1. The number of amides is 1. The van der Waals surface area contributed by atoms with Crippen molar-refractivity contribution >= 4 is 17.5 Å². The van der Waals surface area contributed by atoms with E-state index in [9.17, 15) is 4.79 Å². The van der Waals surface area contributed by atoms with Crippen LogP contribution in [0.25, 0.3) is 0 Å². The Morgan fingerprint density at radius 1 is 1.47 bits per heavy atom. The van der Waals surface area contributed by atoms with Gasteiger partial charge in [-0.15, -0.1) is 0 Å². The minimum Gasteiger partial charge on any atom is -0.335 e. The lowest BCUT2D eigenvalue weighted by Gasteiger charge is -2.26. The van der Waals surface area contributed by atoms with Gasteiger partial charge in [-0.2, -0.15) is 0 Å². The normalized spacial score (nSPS) is 21.1. The van der Waals surface area contributed by atoms with Crippen LogP contribution in [0.5, 0.6) is 0 Å². The molecule has 2 rings (SSSR count). The van der Waals surface area contributed by atoms with Gasteiger partial charge < -0.3 is 10.2 Å². The van der Waals surface area contributed by atoms with Crippen molar-refractivity contribution in [2.24, 2.45) is 0 Å². The molecule has 1 heterocycles. The van der Waals surface area contributed by atoms with Gasteiger partial charge in [-0.3, -0.25) is 4.79 Å². The van der Waals surface area contributed by atoms with E-state index >= 15 is 0 Å². The van der Waals surface area contributed by atoms with E-state index in [-0.39, 0.29) is 11.9 Å². The number of halogens is 1. The second-order valence-electron chi connectivity index (χ2n) is 4.40. The summed E-state index contributed by atoms with van der Waals surface area (Å²) in [5.74, 6) is 0.0729. The molecule has 3 nitrogen and oxygen atoms in total. The molecule has 1 saturated heterocycles. The highest BCUT2D eigenvalue weighted by molar-refractivity contribution is 6.30. The van der Waals surface area contributed by atoms with Gasteiger partial charge in [0.1, 0.15) is 0 Å². The van der Waals surface area contributed by atoms with Crippen LogP contribution in [-0.2, 0) is 0 Å². The van der Waals surface area contributed by atoms with Crippen molar-refractivity contribution in [2.75, 3.05) is 19.6 Å². The minimum absolute atomic E-state index is 0.0729. The van der Waals surface area contributed by atoms with Crippen LogP contribution in [0.1, 0.15) is 23.7 Å². The number of benzene rings is 1. The van der Waals surface area contributed by atoms with Gasteiger partial charge in [0.25, 0.3) is 5.91 Å². The third-order valence-corrected chi connectivity index (χ3v) is 3.37. The average molecular weight is 253 g/mol. The van der Waals surface area contributed by atoms with Crippen molar-refractivity contribution in [3.63, 3.8) is 0 Å². The van der Waals surface area contributed by atoms with Gasteiger partial charge in [0.2, 0.25) is 0 Å². The summed E-state index contributed by atoms with van der Waals surface area (Å²) in [5.41, 5.74) is 0.672. The van der Waals surface area contributed by atoms with Crippen molar-refractivity contribution < 1.29 is 4.79 Å². The Kier molecular flexibility index (Phi) is 4.02. The molecule has 1 aromatic carbocycles. The Labute approximate surface area is 107 Å². The molecule has 0 aliphatic carbocycles. The fourth-order valence-electron chi connectivity index (χ4n) is 2.10. The molecule has 0 spiro atoms. The topological polar surface area (TPSA) is 32.3 Å². The lowest BCUT2D eigenvalue weighted by atomic mass is 10.1. The van der Waals surface area contributed by atoms with Crippen molar-refractivity contribution in [1.82, 2.24) is 10.2 Å². The first kappa shape index (κ1) is 12.4. The van der Waals surface area contributed by atoms with E-state index in [0.29, 0.717) is 10.6 Å². The van der Waals surface area contributed by atoms with E-state index in [1.165, 1.54) is 0 Å². The third-order valence-electron chi connectivity index (χ3n) is 3.13. The lowest BCUT2D eigenvalue weighted by molar-refractivity contribution is 0.0704. The maximum Gasteiger partial charge on any atom is 0.254 e. The first-order chi connectivity index (χ1) is 8.18. The Hall–Kier alpha value is -1.06. The fraction of sp³-hybridized carbons (Fsp3) is 0.462. The van der Waals surface area contributed by atoms with Gasteiger partial charge in [0.05, 0.1) is 0 Å². The maximum absolute atomic E-state index is 12.4. The summed E-state index contributed by atoms with van der Waals surface area (Å²) in [6.45, 7) is 4.68. The molecular weight excluding hydrogens is 236 g/mol. The largest absolute Gasteiger partial charge is 0.335 e. The second-order valence-corrected chi connectivity index (χ2v) is 4.83. The van der Waals surface area contributed by atoms with Crippen LogP contribution in [0, 0.1) is 0 Å². The van der Waals surface area contributed by atoms with Gasteiger partial charge >= 0.3 is 0 Å². The molecule has 1 unspecified atom stereocenters. The molecule has 1 fully saturated rings. The number of carbonyl (C=O) groups is 1. The summed E-state index contributed by atoms with van der Waals surface area (Å²) in [6.07, 6.45) is 0.992. The van der Waals surface area contributed by atoms with E-state index in [4.69, 9.17) is 11.6 Å². The average Bonchev–Trinajstić information content (AvgIpc) is 2.53. The summed E-state index contributed by atoms with van der Waals surface area (Å²) in [5, 5.41) is 3.91. The highest BCUT2D eigenvalue weighted by Gasteiger charge is 2.22. The van der Waals surface area contributed by atoms with Gasteiger partial charge in [-0.1, -0.05) is 17.7 Å². The third kappa shape index (κ3) is 2.99. The van der Waals surface area contributed by atoms with Crippen LogP contribution in [0.3, 0.4) is 0 Å². The molecule has 0 radical (unpaired) electrons. The lowest BCUT2D eigenvalue weighted by Crippen LogP contribution is -2.39. The summed E-state index contributed by atoms with van der Waals surface area (Å²) >= 11 is 5.91. The van der Waals surface area contributed by atoms with E-state index in [1.54, 1.807) is 12.1 Å². The minimum atomic E-state index is 0.0729. The van der Waals surface area contributed by atoms with Crippen molar-refractivity contribution in [3.8, 4) is 0 Å². The van der Waals surface area contributed by atoms with Gasteiger partial charge in [-0.05, 0) is 38.1 Å². The predicted molar refractivity (Wildman–Crippen MR) is 69.4 cm³/mol. The zero-order chi connectivity index (χ0) is 12.3. The Morgan fingerprint density at radius 2 is 2.29 bits per heavy atom. The zero-order valence-corrected chi connectivity index (χ0v) is 10.7. The van der Waals surface area contributed by atoms with E-state index < -0.39 is 0 Å². The number of carbonyl (C=O) groups excluding carboxylic acids is 1.